The normalized spacial score (nSPS) is 21.3. The molecule has 1 saturated heterocycles. The van der Waals surface area contributed by atoms with Gasteiger partial charge in [0.05, 0.1) is 17.0 Å². The Labute approximate surface area is 151 Å². The maximum atomic E-state index is 14.1. The summed E-state index contributed by atoms with van der Waals surface area (Å²) < 4.78 is 33.1. The lowest BCUT2D eigenvalue weighted by Gasteiger charge is -2.33. The summed E-state index contributed by atoms with van der Waals surface area (Å²) in [6.07, 6.45) is 3.81. The van der Waals surface area contributed by atoms with E-state index < -0.39 is 29.2 Å². The second kappa shape index (κ2) is 9.06. The molecule has 1 N–H and O–H groups in total. The first-order valence-corrected chi connectivity index (χ1v) is 7.85. The SMILES string of the molecule is C=C\C(=C(NC1CCOCC1(F)F)/C(=C/C(C#N)=C\C)C(=C)C)[N+](=O)[O-]. The van der Waals surface area contributed by atoms with Crippen molar-refractivity contribution in [3.05, 3.63) is 69.6 Å². The van der Waals surface area contributed by atoms with E-state index in [4.69, 9.17) is 10.00 Å². The predicted octanol–water partition coefficient (Wildman–Crippen LogP) is 3.65. The molecule has 1 atom stereocenters. The fourth-order valence-corrected chi connectivity index (χ4v) is 2.38. The van der Waals surface area contributed by atoms with Gasteiger partial charge in [0.15, 0.2) is 0 Å². The highest BCUT2D eigenvalue weighted by molar-refractivity contribution is 5.52. The molecule has 0 radical (unpaired) electrons. The van der Waals surface area contributed by atoms with E-state index >= 15 is 0 Å². The van der Waals surface area contributed by atoms with Crippen LogP contribution in [0.15, 0.2) is 59.5 Å². The molecule has 0 aromatic rings. The van der Waals surface area contributed by atoms with Gasteiger partial charge in [0.25, 0.3) is 11.6 Å². The quantitative estimate of drug-likeness (QED) is 0.322. The molecule has 0 saturated carbocycles. The van der Waals surface area contributed by atoms with Crippen molar-refractivity contribution < 1.29 is 18.4 Å². The molecule has 1 aliphatic rings. The molecule has 6 nitrogen and oxygen atoms in total. The lowest BCUT2D eigenvalue weighted by atomic mass is 9.97. The van der Waals surface area contributed by atoms with Crippen LogP contribution in [0.5, 0.6) is 0 Å². The van der Waals surface area contributed by atoms with Gasteiger partial charge in [0, 0.05) is 23.8 Å². The zero-order valence-corrected chi connectivity index (χ0v) is 14.7. The maximum absolute atomic E-state index is 14.1. The number of ether oxygens (including phenoxy) is 1. The molecule has 26 heavy (non-hydrogen) atoms. The second-order valence-corrected chi connectivity index (χ2v) is 5.71. The summed E-state index contributed by atoms with van der Waals surface area (Å²) in [5.41, 5.74) is 0.147. The van der Waals surface area contributed by atoms with Gasteiger partial charge in [-0.05, 0) is 31.9 Å². The molecule has 0 aromatic carbocycles. The number of allylic oxidation sites excluding steroid dienone is 5. The molecule has 140 valence electrons. The van der Waals surface area contributed by atoms with E-state index in [1.165, 1.54) is 12.2 Å². The number of rotatable bonds is 7. The Balaban J connectivity index is 3.55. The van der Waals surface area contributed by atoms with Crippen LogP contribution in [0, 0.1) is 21.4 Å². The average Bonchev–Trinajstić information content (AvgIpc) is 2.56. The van der Waals surface area contributed by atoms with E-state index in [0.29, 0.717) is 5.57 Å². The molecule has 1 heterocycles. The molecular formula is C18H21F2N3O3. The van der Waals surface area contributed by atoms with Gasteiger partial charge in [-0.2, -0.15) is 5.26 Å². The van der Waals surface area contributed by atoms with Crippen molar-refractivity contribution in [2.75, 3.05) is 13.2 Å². The predicted molar refractivity (Wildman–Crippen MR) is 93.8 cm³/mol. The topological polar surface area (TPSA) is 88.2 Å². The fourth-order valence-electron chi connectivity index (χ4n) is 2.38. The molecule has 1 rings (SSSR count). The van der Waals surface area contributed by atoms with Gasteiger partial charge in [-0.25, -0.2) is 8.78 Å². The van der Waals surface area contributed by atoms with E-state index in [1.54, 1.807) is 13.8 Å². The maximum Gasteiger partial charge on any atom is 0.292 e. The van der Waals surface area contributed by atoms with Crippen molar-refractivity contribution in [1.29, 1.82) is 5.26 Å². The highest BCUT2D eigenvalue weighted by atomic mass is 19.3. The van der Waals surface area contributed by atoms with Gasteiger partial charge < -0.3 is 10.1 Å². The van der Waals surface area contributed by atoms with Gasteiger partial charge >= 0.3 is 0 Å². The minimum atomic E-state index is -3.20. The third-order valence-electron chi connectivity index (χ3n) is 3.79. The minimum absolute atomic E-state index is 0.0309. The molecule has 0 spiro atoms. The van der Waals surface area contributed by atoms with E-state index in [2.05, 4.69) is 18.5 Å². The molecule has 0 amide bonds. The first kappa shape index (κ1) is 21.3. The lowest BCUT2D eigenvalue weighted by Crippen LogP contribution is -2.51. The van der Waals surface area contributed by atoms with Crippen LogP contribution >= 0.6 is 0 Å². The monoisotopic (exact) mass is 365 g/mol. The lowest BCUT2D eigenvalue weighted by molar-refractivity contribution is -0.420. The number of nitriles is 1. The van der Waals surface area contributed by atoms with E-state index in [1.807, 2.05) is 6.07 Å². The number of hydrogen-bond donors (Lipinski definition) is 1. The molecule has 1 aliphatic heterocycles. The Kier molecular flexibility index (Phi) is 7.41. The van der Waals surface area contributed by atoms with Gasteiger partial charge in [0.2, 0.25) is 0 Å². The molecule has 8 heteroatoms. The number of nitrogens with one attached hydrogen (secondary N) is 1. The van der Waals surface area contributed by atoms with Crippen molar-refractivity contribution in [2.45, 2.75) is 32.2 Å². The zero-order chi connectivity index (χ0) is 19.9. The van der Waals surface area contributed by atoms with Crippen LogP contribution in [0.2, 0.25) is 0 Å². The van der Waals surface area contributed by atoms with Crippen molar-refractivity contribution in [1.82, 2.24) is 5.32 Å². The molecular weight excluding hydrogens is 344 g/mol. The average molecular weight is 365 g/mol. The first-order chi connectivity index (χ1) is 12.2. The number of hydrogen-bond acceptors (Lipinski definition) is 5. The molecule has 0 bridgehead atoms. The van der Waals surface area contributed by atoms with Crippen molar-refractivity contribution in [2.24, 2.45) is 0 Å². The van der Waals surface area contributed by atoms with Crippen LogP contribution in [0.25, 0.3) is 0 Å². The Hall–Kier alpha value is -2.79. The number of nitrogens with zero attached hydrogens (tertiary/aromatic N) is 2. The van der Waals surface area contributed by atoms with E-state index in [9.17, 15) is 18.9 Å². The number of nitro groups is 1. The van der Waals surface area contributed by atoms with Crippen molar-refractivity contribution in [3.63, 3.8) is 0 Å². The standard InChI is InChI=1S/C18H21F2N3O3/c1-5-13(10-21)9-14(12(3)4)17(15(6-2)23(24)25)22-16-7-8-26-11-18(16,19)20/h5-6,9,16,22H,2-3,7-8,11H2,1,4H3/b13-5+,14-9+,17-15-. The Morgan fingerprint density at radius 1 is 1.54 bits per heavy atom. The van der Waals surface area contributed by atoms with Crippen LogP contribution in [0.4, 0.5) is 8.78 Å². The van der Waals surface area contributed by atoms with Crippen LogP contribution in [-0.2, 0) is 4.74 Å². The smallest absolute Gasteiger partial charge is 0.292 e. The van der Waals surface area contributed by atoms with Crippen LogP contribution < -0.4 is 5.32 Å². The van der Waals surface area contributed by atoms with Crippen LogP contribution in [-0.4, -0.2) is 30.1 Å². The van der Waals surface area contributed by atoms with Gasteiger partial charge in [0.1, 0.15) is 12.3 Å². The first-order valence-electron chi connectivity index (χ1n) is 7.85. The molecule has 0 aliphatic carbocycles. The number of alkyl halides is 2. The molecule has 1 unspecified atom stereocenters. The fraction of sp³-hybridized carbons (Fsp3) is 0.389. The Morgan fingerprint density at radius 2 is 2.19 bits per heavy atom. The minimum Gasteiger partial charge on any atom is -0.375 e. The van der Waals surface area contributed by atoms with Crippen molar-refractivity contribution >= 4 is 0 Å². The van der Waals surface area contributed by atoms with Crippen molar-refractivity contribution in [3.8, 4) is 6.07 Å². The van der Waals surface area contributed by atoms with E-state index in [0.717, 1.165) is 6.08 Å². The van der Waals surface area contributed by atoms with Crippen LogP contribution in [0.1, 0.15) is 20.3 Å². The van der Waals surface area contributed by atoms with Gasteiger partial charge in [-0.3, -0.25) is 10.1 Å². The summed E-state index contributed by atoms with van der Waals surface area (Å²) in [6.45, 7) is 9.68. The number of halogens is 2. The molecule has 1 fully saturated rings. The van der Waals surface area contributed by atoms with Gasteiger partial charge in [-0.15, -0.1) is 0 Å². The Morgan fingerprint density at radius 3 is 2.62 bits per heavy atom. The highest BCUT2D eigenvalue weighted by Crippen LogP contribution is 2.30. The Bertz CT molecular complexity index is 730. The largest absolute Gasteiger partial charge is 0.375 e. The summed E-state index contributed by atoms with van der Waals surface area (Å²) in [5.74, 6) is -3.20. The summed E-state index contributed by atoms with van der Waals surface area (Å²) in [7, 11) is 0. The summed E-state index contributed by atoms with van der Waals surface area (Å²) >= 11 is 0. The summed E-state index contributed by atoms with van der Waals surface area (Å²) in [5, 5.41) is 23.1. The van der Waals surface area contributed by atoms with Crippen LogP contribution in [0.3, 0.4) is 0 Å². The summed E-state index contributed by atoms with van der Waals surface area (Å²) in [4.78, 5) is 10.7. The third-order valence-corrected chi connectivity index (χ3v) is 3.79. The second-order valence-electron chi connectivity index (χ2n) is 5.71. The third kappa shape index (κ3) is 5.10. The highest BCUT2D eigenvalue weighted by Gasteiger charge is 2.43. The van der Waals surface area contributed by atoms with Gasteiger partial charge in [-0.1, -0.05) is 19.2 Å². The molecule has 0 aromatic heterocycles. The zero-order valence-electron chi connectivity index (χ0n) is 14.7. The van der Waals surface area contributed by atoms with E-state index in [-0.39, 0.29) is 29.9 Å². The summed E-state index contributed by atoms with van der Waals surface area (Å²) in [6, 6.07) is 0.566.